The zero-order valence-electron chi connectivity index (χ0n) is 15.3. The Morgan fingerprint density at radius 2 is 1.64 bits per heavy atom. The van der Waals surface area contributed by atoms with Gasteiger partial charge in [-0.05, 0) is 36.0 Å². The van der Waals surface area contributed by atoms with E-state index in [0.29, 0.717) is 12.5 Å². The Labute approximate surface area is 157 Å². The predicted molar refractivity (Wildman–Crippen MR) is 107 cm³/mol. The van der Waals surface area contributed by atoms with Gasteiger partial charge < -0.3 is 10.6 Å². The fourth-order valence-corrected chi connectivity index (χ4v) is 2.68. The molecule has 2 aromatic rings. The van der Waals surface area contributed by atoms with E-state index in [1.54, 1.807) is 4.90 Å². The van der Waals surface area contributed by atoms with E-state index < -0.39 is 0 Å². The molecule has 136 valence electrons. The second kappa shape index (κ2) is 10.2. The van der Waals surface area contributed by atoms with Crippen molar-refractivity contribution in [2.75, 3.05) is 13.6 Å². The van der Waals surface area contributed by atoms with Crippen LogP contribution in [0.15, 0.2) is 54.6 Å². The van der Waals surface area contributed by atoms with E-state index in [1.807, 2.05) is 49.5 Å². The maximum Gasteiger partial charge on any atom is 0.253 e. The molecule has 4 heteroatoms. The summed E-state index contributed by atoms with van der Waals surface area (Å²) < 4.78 is 0. The highest BCUT2D eigenvalue weighted by atomic mass is 35.5. The Morgan fingerprint density at radius 1 is 1.04 bits per heavy atom. The van der Waals surface area contributed by atoms with Crippen LogP contribution in [0, 0.1) is 5.92 Å². The van der Waals surface area contributed by atoms with Crippen molar-refractivity contribution in [2.45, 2.75) is 32.7 Å². The van der Waals surface area contributed by atoms with Gasteiger partial charge >= 0.3 is 0 Å². The van der Waals surface area contributed by atoms with E-state index >= 15 is 0 Å². The molecule has 1 atom stereocenters. The van der Waals surface area contributed by atoms with Gasteiger partial charge in [0.2, 0.25) is 0 Å². The fourth-order valence-electron chi connectivity index (χ4n) is 2.68. The van der Waals surface area contributed by atoms with Gasteiger partial charge in [0.1, 0.15) is 0 Å². The summed E-state index contributed by atoms with van der Waals surface area (Å²) in [5.41, 5.74) is 9.15. The van der Waals surface area contributed by atoms with Crippen molar-refractivity contribution in [3.8, 4) is 0 Å². The molecule has 0 aromatic heterocycles. The van der Waals surface area contributed by atoms with Crippen molar-refractivity contribution in [1.29, 1.82) is 0 Å². The number of nitrogens with two attached hydrogens (primary N) is 1. The van der Waals surface area contributed by atoms with E-state index in [1.165, 1.54) is 5.56 Å². The van der Waals surface area contributed by atoms with Gasteiger partial charge in [0.25, 0.3) is 5.91 Å². The van der Waals surface area contributed by atoms with E-state index in [9.17, 15) is 4.79 Å². The zero-order valence-corrected chi connectivity index (χ0v) is 16.1. The van der Waals surface area contributed by atoms with Gasteiger partial charge in [0.15, 0.2) is 0 Å². The maximum atomic E-state index is 12.8. The van der Waals surface area contributed by atoms with Crippen molar-refractivity contribution in [3.05, 3.63) is 71.3 Å². The average Bonchev–Trinajstić information content (AvgIpc) is 2.60. The van der Waals surface area contributed by atoms with Crippen LogP contribution >= 0.6 is 12.4 Å². The molecule has 0 aliphatic carbocycles. The second-order valence-corrected chi connectivity index (χ2v) is 6.74. The van der Waals surface area contributed by atoms with Crippen LogP contribution in [0.3, 0.4) is 0 Å². The van der Waals surface area contributed by atoms with Gasteiger partial charge in [-0.25, -0.2) is 0 Å². The maximum absolute atomic E-state index is 12.8. The van der Waals surface area contributed by atoms with E-state index in [4.69, 9.17) is 5.73 Å². The molecule has 1 amide bonds. The standard InChI is InChI=1S/C21H28N2O.ClH/c1-16(2)20(22)13-14-23(3)21(24)19-12-8-7-11-18(19)15-17-9-5-4-6-10-17;/h4-12,16,20H,13-15,22H2,1-3H3;1H. The monoisotopic (exact) mass is 360 g/mol. The van der Waals surface area contributed by atoms with Gasteiger partial charge in [0.05, 0.1) is 0 Å². The van der Waals surface area contributed by atoms with Crippen LogP contribution in [-0.2, 0) is 6.42 Å². The van der Waals surface area contributed by atoms with Gasteiger partial charge in [-0.3, -0.25) is 4.79 Å². The fraction of sp³-hybridized carbons (Fsp3) is 0.381. The van der Waals surface area contributed by atoms with Gasteiger partial charge in [-0.15, -0.1) is 12.4 Å². The predicted octanol–water partition coefficient (Wildman–Crippen LogP) is 4.14. The molecule has 0 fully saturated rings. The molecule has 2 rings (SSSR count). The molecule has 0 bridgehead atoms. The number of carbonyl (C=O) groups is 1. The lowest BCUT2D eigenvalue weighted by Crippen LogP contribution is -2.35. The van der Waals surface area contributed by atoms with Crippen LogP contribution < -0.4 is 5.73 Å². The molecular formula is C21H29ClN2O. The topological polar surface area (TPSA) is 46.3 Å². The smallest absolute Gasteiger partial charge is 0.253 e. The Morgan fingerprint density at radius 3 is 2.28 bits per heavy atom. The molecule has 3 nitrogen and oxygen atoms in total. The summed E-state index contributed by atoms with van der Waals surface area (Å²) in [5.74, 6) is 0.497. The number of rotatable bonds is 7. The van der Waals surface area contributed by atoms with Crippen LogP contribution in [-0.4, -0.2) is 30.4 Å². The quantitative estimate of drug-likeness (QED) is 0.806. The minimum Gasteiger partial charge on any atom is -0.342 e. The van der Waals surface area contributed by atoms with Crippen LogP contribution in [0.4, 0.5) is 0 Å². The molecule has 0 aliphatic rings. The first-order valence-corrected chi connectivity index (χ1v) is 8.62. The third-order valence-corrected chi connectivity index (χ3v) is 4.49. The zero-order chi connectivity index (χ0) is 17.5. The second-order valence-electron chi connectivity index (χ2n) is 6.74. The number of amides is 1. The number of nitrogens with zero attached hydrogens (tertiary/aromatic N) is 1. The average molecular weight is 361 g/mol. The van der Waals surface area contributed by atoms with Gasteiger partial charge in [-0.2, -0.15) is 0 Å². The molecule has 0 spiro atoms. The third kappa shape index (κ3) is 6.18. The van der Waals surface area contributed by atoms with Crippen LogP contribution in [0.2, 0.25) is 0 Å². The number of benzene rings is 2. The normalized spacial score (nSPS) is 11.7. The Kier molecular flexibility index (Phi) is 8.67. The lowest BCUT2D eigenvalue weighted by molar-refractivity contribution is 0.0788. The first kappa shape index (κ1) is 21.2. The lowest BCUT2D eigenvalue weighted by Gasteiger charge is -2.22. The first-order valence-electron chi connectivity index (χ1n) is 8.62. The molecule has 0 saturated carbocycles. The van der Waals surface area contributed by atoms with Crippen molar-refractivity contribution >= 4 is 18.3 Å². The third-order valence-electron chi connectivity index (χ3n) is 4.49. The number of hydrogen-bond acceptors (Lipinski definition) is 2. The molecule has 0 saturated heterocycles. The highest BCUT2D eigenvalue weighted by Gasteiger charge is 2.17. The van der Waals surface area contributed by atoms with Crippen molar-refractivity contribution in [2.24, 2.45) is 11.7 Å². The number of halogens is 1. The minimum atomic E-state index is 0. The largest absolute Gasteiger partial charge is 0.342 e. The summed E-state index contributed by atoms with van der Waals surface area (Å²) in [6, 6.07) is 18.2. The van der Waals surface area contributed by atoms with Gasteiger partial charge in [-0.1, -0.05) is 62.4 Å². The Bertz CT molecular complexity index is 658. The van der Waals surface area contributed by atoms with E-state index in [-0.39, 0.29) is 24.4 Å². The molecule has 2 N–H and O–H groups in total. The van der Waals surface area contributed by atoms with Crippen LogP contribution in [0.5, 0.6) is 0 Å². The summed E-state index contributed by atoms with van der Waals surface area (Å²) in [4.78, 5) is 14.6. The Balaban J connectivity index is 0.00000312. The molecule has 25 heavy (non-hydrogen) atoms. The minimum absolute atomic E-state index is 0. The van der Waals surface area contributed by atoms with Crippen LogP contribution in [0.1, 0.15) is 41.8 Å². The lowest BCUT2D eigenvalue weighted by atomic mass is 9.98. The van der Waals surface area contributed by atoms with E-state index in [0.717, 1.165) is 24.0 Å². The SMILES string of the molecule is CC(C)C(N)CCN(C)C(=O)c1ccccc1Cc1ccccc1.Cl. The highest BCUT2D eigenvalue weighted by Crippen LogP contribution is 2.16. The first-order chi connectivity index (χ1) is 11.5. The molecule has 0 aliphatic heterocycles. The molecule has 2 aromatic carbocycles. The van der Waals surface area contributed by atoms with Crippen molar-refractivity contribution in [1.82, 2.24) is 4.90 Å². The number of hydrogen-bond donors (Lipinski definition) is 1. The summed E-state index contributed by atoms with van der Waals surface area (Å²) in [6.45, 7) is 4.90. The molecular weight excluding hydrogens is 332 g/mol. The Hall–Kier alpha value is -1.84. The number of carbonyl (C=O) groups excluding carboxylic acids is 1. The summed E-state index contributed by atoms with van der Waals surface area (Å²) in [5, 5.41) is 0. The van der Waals surface area contributed by atoms with E-state index in [2.05, 4.69) is 26.0 Å². The summed E-state index contributed by atoms with van der Waals surface area (Å²) in [6.07, 6.45) is 1.59. The molecule has 1 unspecified atom stereocenters. The van der Waals surface area contributed by atoms with Crippen molar-refractivity contribution < 1.29 is 4.79 Å². The van der Waals surface area contributed by atoms with Crippen LogP contribution in [0.25, 0.3) is 0 Å². The highest BCUT2D eigenvalue weighted by molar-refractivity contribution is 5.95. The molecule has 0 heterocycles. The molecule has 0 radical (unpaired) electrons. The van der Waals surface area contributed by atoms with Crippen molar-refractivity contribution in [3.63, 3.8) is 0 Å². The summed E-state index contributed by atoms with van der Waals surface area (Å²) in [7, 11) is 1.86. The van der Waals surface area contributed by atoms with Gasteiger partial charge in [0, 0.05) is 25.2 Å². The summed E-state index contributed by atoms with van der Waals surface area (Å²) >= 11 is 0.